The number of fused-ring (bicyclic) bond motifs is 2. The van der Waals surface area contributed by atoms with Crippen LogP contribution in [-0.4, -0.2) is 24.1 Å². The Balaban J connectivity index is 1.63. The van der Waals surface area contributed by atoms with Gasteiger partial charge in [0.15, 0.2) is 16.6 Å². The second-order valence-electron chi connectivity index (χ2n) is 5.81. The van der Waals surface area contributed by atoms with Crippen LogP contribution in [0.5, 0.6) is 11.5 Å². The fourth-order valence-electron chi connectivity index (χ4n) is 2.79. The summed E-state index contributed by atoms with van der Waals surface area (Å²) in [4.78, 5) is 16.9. The standard InChI is InChI=1S/C18H16N2O3S/c1-10-5-11(2)7-12(6-10)17(21)20-18-19-13-8-14-15(9-16(13)24-18)23-4-3-22-14/h5-9H,3-4H2,1-2H3,(H,19,20,21). The zero-order valence-electron chi connectivity index (χ0n) is 13.4. The maximum atomic E-state index is 12.5. The van der Waals surface area contributed by atoms with E-state index >= 15 is 0 Å². The summed E-state index contributed by atoms with van der Waals surface area (Å²) < 4.78 is 12.1. The molecule has 24 heavy (non-hydrogen) atoms. The van der Waals surface area contributed by atoms with Gasteiger partial charge in [-0.25, -0.2) is 4.98 Å². The smallest absolute Gasteiger partial charge is 0.257 e. The maximum absolute atomic E-state index is 12.5. The molecule has 0 fully saturated rings. The van der Waals surface area contributed by atoms with Crippen molar-refractivity contribution in [2.75, 3.05) is 18.5 Å². The van der Waals surface area contributed by atoms with Crippen LogP contribution in [0.25, 0.3) is 10.2 Å². The van der Waals surface area contributed by atoms with Gasteiger partial charge >= 0.3 is 0 Å². The fourth-order valence-corrected chi connectivity index (χ4v) is 3.66. The number of aryl methyl sites for hydroxylation is 2. The van der Waals surface area contributed by atoms with E-state index in [0.29, 0.717) is 29.7 Å². The summed E-state index contributed by atoms with van der Waals surface area (Å²) in [5, 5.41) is 3.45. The van der Waals surface area contributed by atoms with Crippen molar-refractivity contribution in [2.45, 2.75) is 13.8 Å². The Bertz CT molecular complexity index is 886. The number of benzene rings is 2. The molecular formula is C18H16N2O3S. The van der Waals surface area contributed by atoms with Crippen LogP contribution in [-0.2, 0) is 0 Å². The van der Waals surface area contributed by atoms with Crippen molar-refractivity contribution in [1.82, 2.24) is 4.98 Å². The first-order valence-electron chi connectivity index (χ1n) is 7.68. The van der Waals surface area contributed by atoms with Gasteiger partial charge in [-0.05, 0) is 26.0 Å². The minimum absolute atomic E-state index is 0.155. The lowest BCUT2D eigenvalue weighted by atomic mass is 10.1. The van der Waals surface area contributed by atoms with E-state index in [-0.39, 0.29) is 5.91 Å². The van der Waals surface area contributed by atoms with E-state index in [1.165, 1.54) is 11.3 Å². The number of nitrogens with zero attached hydrogens (tertiary/aromatic N) is 1. The van der Waals surface area contributed by atoms with Gasteiger partial charge in [-0.2, -0.15) is 0 Å². The van der Waals surface area contributed by atoms with Crippen LogP contribution in [0.15, 0.2) is 30.3 Å². The third kappa shape index (κ3) is 2.80. The molecule has 1 N–H and O–H groups in total. The number of thiazole rings is 1. The van der Waals surface area contributed by atoms with Crippen molar-refractivity contribution >= 4 is 32.6 Å². The summed E-state index contributed by atoms with van der Waals surface area (Å²) in [6.07, 6.45) is 0. The summed E-state index contributed by atoms with van der Waals surface area (Å²) in [6, 6.07) is 9.55. The van der Waals surface area contributed by atoms with Gasteiger partial charge in [-0.15, -0.1) is 0 Å². The molecule has 0 bridgehead atoms. The predicted octanol–water partition coefficient (Wildman–Crippen LogP) is 3.94. The minimum Gasteiger partial charge on any atom is -0.486 e. The van der Waals surface area contributed by atoms with Crippen LogP contribution in [0.4, 0.5) is 5.13 Å². The Morgan fingerprint density at radius 2 is 1.71 bits per heavy atom. The molecule has 2 aromatic carbocycles. The van der Waals surface area contributed by atoms with Crippen molar-refractivity contribution < 1.29 is 14.3 Å². The zero-order valence-corrected chi connectivity index (χ0v) is 14.2. The average Bonchev–Trinajstić information content (AvgIpc) is 2.92. The Kier molecular flexibility index (Phi) is 3.61. The Morgan fingerprint density at radius 1 is 1.04 bits per heavy atom. The topological polar surface area (TPSA) is 60.5 Å². The molecule has 3 aromatic rings. The molecule has 6 heteroatoms. The van der Waals surface area contributed by atoms with Gasteiger partial charge in [0, 0.05) is 17.7 Å². The predicted molar refractivity (Wildman–Crippen MR) is 94.5 cm³/mol. The van der Waals surface area contributed by atoms with Crippen LogP contribution < -0.4 is 14.8 Å². The lowest BCUT2D eigenvalue weighted by molar-refractivity contribution is 0.102. The summed E-state index contributed by atoms with van der Waals surface area (Å²) in [5.41, 5.74) is 3.55. The van der Waals surface area contributed by atoms with Crippen molar-refractivity contribution in [3.05, 3.63) is 47.0 Å². The lowest BCUT2D eigenvalue weighted by Gasteiger charge is -2.17. The molecule has 0 unspecified atom stereocenters. The number of ether oxygens (including phenoxy) is 2. The summed E-state index contributed by atoms with van der Waals surface area (Å²) in [5.74, 6) is 1.27. The third-order valence-electron chi connectivity index (χ3n) is 3.76. The average molecular weight is 340 g/mol. The van der Waals surface area contributed by atoms with Gasteiger partial charge in [0.25, 0.3) is 5.91 Å². The van der Waals surface area contributed by atoms with E-state index in [9.17, 15) is 4.79 Å². The van der Waals surface area contributed by atoms with Crippen LogP contribution >= 0.6 is 11.3 Å². The van der Waals surface area contributed by atoms with E-state index in [4.69, 9.17) is 9.47 Å². The van der Waals surface area contributed by atoms with Gasteiger partial charge in [0.1, 0.15) is 13.2 Å². The maximum Gasteiger partial charge on any atom is 0.257 e. The van der Waals surface area contributed by atoms with Gasteiger partial charge < -0.3 is 9.47 Å². The molecule has 5 nitrogen and oxygen atoms in total. The largest absolute Gasteiger partial charge is 0.486 e. The summed E-state index contributed by atoms with van der Waals surface area (Å²) >= 11 is 1.42. The molecule has 1 aromatic heterocycles. The second kappa shape index (κ2) is 5.79. The fraction of sp³-hybridized carbons (Fsp3) is 0.222. The highest BCUT2D eigenvalue weighted by molar-refractivity contribution is 7.22. The first kappa shape index (κ1) is 15.0. The molecule has 0 spiro atoms. The third-order valence-corrected chi connectivity index (χ3v) is 4.69. The summed E-state index contributed by atoms with van der Waals surface area (Å²) in [7, 11) is 0. The molecule has 1 aliphatic heterocycles. The highest BCUT2D eigenvalue weighted by atomic mass is 32.1. The molecule has 0 aliphatic carbocycles. The van der Waals surface area contributed by atoms with E-state index in [0.717, 1.165) is 27.1 Å². The van der Waals surface area contributed by atoms with Gasteiger partial charge in [-0.1, -0.05) is 28.5 Å². The number of rotatable bonds is 2. The number of hydrogen-bond acceptors (Lipinski definition) is 5. The Morgan fingerprint density at radius 3 is 2.42 bits per heavy atom. The SMILES string of the molecule is Cc1cc(C)cc(C(=O)Nc2nc3cc4c(cc3s2)OCCO4)c1. The molecule has 1 aliphatic rings. The van der Waals surface area contributed by atoms with Gasteiger partial charge in [-0.3, -0.25) is 10.1 Å². The molecule has 2 heterocycles. The molecule has 0 saturated carbocycles. The van der Waals surface area contributed by atoms with E-state index in [2.05, 4.69) is 10.3 Å². The van der Waals surface area contributed by atoms with E-state index < -0.39 is 0 Å². The molecule has 1 amide bonds. The second-order valence-corrected chi connectivity index (χ2v) is 6.84. The first-order valence-corrected chi connectivity index (χ1v) is 8.50. The Hall–Kier alpha value is -2.60. The van der Waals surface area contributed by atoms with Crippen molar-refractivity contribution in [3.8, 4) is 11.5 Å². The molecule has 0 atom stereocenters. The molecule has 122 valence electrons. The molecular weight excluding hydrogens is 324 g/mol. The number of amides is 1. The van der Waals surface area contributed by atoms with E-state index in [1.807, 2.05) is 44.2 Å². The zero-order chi connectivity index (χ0) is 16.7. The van der Waals surface area contributed by atoms with Crippen molar-refractivity contribution in [2.24, 2.45) is 0 Å². The lowest BCUT2D eigenvalue weighted by Crippen LogP contribution is -2.15. The van der Waals surface area contributed by atoms with Gasteiger partial charge in [0.05, 0.1) is 10.2 Å². The number of nitrogens with one attached hydrogen (secondary N) is 1. The normalized spacial score (nSPS) is 13.1. The van der Waals surface area contributed by atoms with E-state index in [1.54, 1.807) is 0 Å². The van der Waals surface area contributed by atoms with Crippen LogP contribution in [0.1, 0.15) is 21.5 Å². The van der Waals surface area contributed by atoms with Crippen molar-refractivity contribution in [3.63, 3.8) is 0 Å². The molecule has 4 rings (SSSR count). The highest BCUT2D eigenvalue weighted by Crippen LogP contribution is 2.37. The minimum atomic E-state index is -0.155. The number of aromatic nitrogens is 1. The highest BCUT2D eigenvalue weighted by Gasteiger charge is 2.16. The first-order chi connectivity index (χ1) is 11.6. The monoisotopic (exact) mass is 340 g/mol. The van der Waals surface area contributed by atoms with Crippen molar-refractivity contribution in [1.29, 1.82) is 0 Å². The Labute approximate surface area is 143 Å². The molecule has 0 radical (unpaired) electrons. The number of hydrogen-bond donors (Lipinski definition) is 1. The number of carbonyl (C=O) groups excluding carboxylic acids is 1. The summed E-state index contributed by atoms with van der Waals surface area (Å²) in [6.45, 7) is 5.05. The number of anilines is 1. The number of carbonyl (C=O) groups is 1. The van der Waals surface area contributed by atoms with Crippen LogP contribution in [0.2, 0.25) is 0 Å². The van der Waals surface area contributed by atoms with Crippen LogP contribution in [0.3, 0.4) is 0 Å². The van der Waals surface area contributed by atoms with Crippen LogP contribution in [0, 0.1) is 13.8 Å². The van der Waals surface area contributed by atoms with Gasteiger partial charge in [0.2, 0.25) is 0 Å². The molecule has 0 saturated heterocycles. The quantitative estimate of drug-likeness (QED) is 0.768.